The van der Waals surface area contributed by atoms with Crippen LogP contribution in [-0.2, 0) is 14.2 Å². The molecule has 1 heterocycles. The van der Waals surface area contributed by atoms with Crippen LogP contribution in [0.2, 0.25) is 0 Å². The highest BCUT2D eigenvalue weighted by atomic mass is 16.6. The lowest BCUT2D eigenvalue weighted by Crippen LogP contribution is -2.10. The molecule has 1 aliphatic heterocycles. The molecule has 0 saturated carbocycles. The first-order valence-electron chi connectivity index (χ1n) is 4.75. The van der Waals surface area contributed by atoms with Crippen molar-refractivity contribution in [3.63, 3.8) is 0 Å². The summed E-state index contributed by atoms with van der Waals surface area (Å²) in [4.78, 5) is 23.2. The van der Waals surface area contributed by atoms with Gasteiger partial charge in [-0.3, -0.25) is 0 Å². The Hall–Kier alpha value is -2.56. The van der Waals surface area contributed by atoms with Crippen LogP contribution < -0.4 is 0 Å². The van der Waals surface area contributed by atoms with Crippen molar-refractivity contribution in [3.05, 3.63) is 60.4 Å². The Morgan fingerprint density at radius 1 is 0.706 bits per heavy atom. The Morgan fingerprint density at radius 2 is 1.18 bits per heavy atom. The summed E-state index contributed by atoms with van der Waals surface area (Å²) in [5.41, 5.74) is 0.273. The van der Waals surface area contributed by atoms with Gasteiger partial charge in [0.1, 0.15) is 25.0 Å². The molecule has 0 bridgehead atoms. The molecule has 0 aliphatic carbocycles. The predicted molar refractivity (Wildman–Crippen MR) is 56.6 cm³/mol. The minimum Gasteiger partial charge on any atom is -0.466 e. The van der Waals surface area contributed by atoms with E-state index in [1.807, 2.05) is 0 Å². The molecule has 1 aliphatic rings. The number of benzene rings is 1. The molecule has 0 amide bonds. The van der Waals surface area contributed by atoms with Crippen LogP contribution in [0.4, 0.5) is 0 Å². The summed E-state index contributed by atoms with van der Waals surface area (Å²) < 4.78 is 14.3. The lowest BCUT2D eigenvalue weighted by atomic mass is 10.1. The van der Waals surface area contributed by atoms with E-state index in [4.69, 9.17) is 14.2 Å². The van der Waals surface area contributed by atoms with E-state index in [1.165, 1.54) is 12.1 Å². The molecule has 0 N–H and O–H groups in total. The van der Waals surface area contributed by atoms with Gasteiger partial charge in [-0.25, -0.2) is 9.59 Å². The summed E-state index contributed by atoms with van der Waals surface area (Å²) in [6.07, 6.45) is 4.46. The van der Waals surface area contributed by atoms with E-state index >= 15 is 0 Å². The summed E-state index contributed by atoms with van der Waals surface area (Å²) in [5, 5.41) is 0. The lowest BCUT2D eigenvalue weighted by Gasteiger charge is -2.04. The molecule has 1 aromatic carbocycles. The molecule has 0 aromatic heterocycles. The van der Waals surface area contributed by atoms with Gasteiger partial charge in [-0.15, -0.1) is 0 Å². The van der Waals surface area contributed by atoms with Crippen LogP contribution in [0, 0.1) is 0 Å². The molecule has 5 nitrogen and oxygen atoms in total. The summed E-state index contributed by atoms with van der Waals surface area (Å²) in [6, 6.07) is 6.22. The van der Waals surface area contributed by atoms with E-state index in [2.05, 4.69) is 0 Å². The lowest BCUT2D eigenvalue weighted by molar-refractivity contribution is 0.0619. The fraction of sp³-hybridized carbons (Fsp3) is 0. The number of hydrogen-bond acceptors (Lipinski definition) is 5. The summed E-state index contributed by atoms with van der Waals surface area (Å²) >= 11 is 0. The summed E-state index contributed by atoms with van der Waals surface area (Å²) in [6.45, 7) is 0. The molecule has 0 atom stereocenters. The zero-order valence-electron chi connectivity index (χ0n) is 8.66. The van der Waals surface area contributed by atoms with Crippen LogP contribution in [0.25, 0.3) is 0 Å². The fourth-order valence-corrected chi connectivity index (χ4v) is 1.25. The Labute approximate surface area is 96.9 Å². The third kappa shape index (κ3) is 2.52. The molecule has 0 saturated heterocycles. The van der Waals surface area contributed by atoms with Gasteiger partial charge in [-0.1, -0.05) is 12.1 Å². The Morgan fingerprint density at radius 3 is 1.65 bits per heavy atom. The number of carbonyl (C=O) groups is 2. The van der Waals surface area contributed by atoms with Gasteiger partial charge >= 0.3 is 11.9 Å². The molecule has 1 aromatic rings. The Bertz CT molecular complexity index is 456. The number of fused-ring (bicyclic) bond motifs is 1. The topological polar surface area (TPSA) is 61.8 Å². The zero-order valence-corrected chi connectivity index (χ0v) is 8.66. The zero-order chi connectivity index (χ0) is 12.1. The van der Waals surface area contributed by atoms with Gasteiger partial charge in [0.2, 0.25) is 0 Å². The van der Waals surface area contributed by atoms with Gasteiger partial charge in [0.15, 0.2) is 0 Å². The van der Waals surface area contributed by atoms with Gasteiger partial charge in [0.25, 0.3) is 0 Å². The normalized spacial score (nSPS) is 18.8. The van der Waals surface area contributed by atoms with Crippen LogP contribution in [0.5, 0.6) is 0 Å². The van der Waals surface area contributed by atoms with Crippen LogP contribution in [0.3, 0.4) is 0 Å². The van der Waals surface area contributed by atoms with Crippen LogP contribution in [-0.4, -0.2) is 11.9 Å². The van der Waals surface area contributed by atoms with E-state index < -0.39 is 11.9 Å². The summed E-state index contributed by atoms with van der Waals surface area (Å²) in [5.74, 6) is -1.31. The second-order valence-electron chi connectivity index (χ2n) is 3.04. The van der Waals surface area contributed by atoms with E-state index in [1.54, 1.807) is 12.1 Å². The summed E-state index contributed by atoms with van der Waals surface area (Å²) in [7, 11) is 0. The molecule has 86 valence electrons. The smallest absolute Gasteiger partial charge is 0.343 e. The maximum absolute atomic E-state index is 11.6. The number of ether oxygens (including phenoxy) is 3. The first-order chi connectivity index (χ1) is 8.29. The van der Waals surface area contributed by atoms with Crippen molar-refractivity contribution < 1.29 is 23.8 Å². The number of esters is 2. The second-order valence-corrected chi connectivity index (χ2v) is 3.04. The molecule has 17 heavy (non-hydrogen) atoms. The molecular formula is C12H8O5. The maximum Gasteiger partial charge on any atom is 0.343 e. The standard InChI is InChI=1S/C12H8O5/c13-11-9-3-1-2-4-10(9)12(14)17-8-6-15-5-7-16-11/h1-8H/b7-5-,8-6-. The van der Waals surface area contributed by atoms with Crippen molar-refractivity contribution in [1.82, 2.24) is 0 Å². The predicted octanol–water partition coefficient (Wildman–Crippen LogP) is 1.97. The van der Waals surface area contributed by atoms with Crippen LogP contribution in [0.15, 0.2) is 49.3 Å². The largest absolute Gasteiger partial charge is 0.466 e. The fourth-order valence-electron chi connectivity index (χ4n) is 1.25. The number of carbonyl (C=O) groups excluding carboxylic acids is 2. The van der Waals surface area contributed by atoms with E-state index in [0.29, 0.717) is 0 Å². The molecule has 0 radical (unpaired) electrons. The minimum atomic E-state index is -0.653. The van der Waals surface area contributed by atoms with Crippen molar-refractivity contribution in [2.45, 2.75) is 0 Å². The van der Waals surface area contributed by atoms with Crippen molar-refractivity contribution >= 4 is 11.9 Å². The molecule has 5 heteroatoms. The SMILES string of the molecule is O=C1O/C=C\O/C=C\OC(=O)c2ccccc21. The highest BCUT2D eigenvalue weighted by Crippen LogP contribution is 2.12. The van der Waals surface area contributed by atoms with Crippen LogP contribution in [0.1, 0.15) is 20.7 Å². The highest BCUT2D eigenvalue weighted by molar-refractivity contribution is 6.03. The van der Waals surface area contributed by atoms with E-state index in [9.17, 15) is 9.59 Å². The minimum absolute atomic E-state index is 0.137. The van der Waals surface area contributed by atoms with Gasteiger partial charge < -0.3 is 14.2 Å². The average molecular weight is 232 g/mol. The molecular weight excluding hydrogens is 224 g/mol. The first-order valence-corrected chi connectivity index (χ1v) is 4.75. The highest BCUT2D eigenvalue weighted by Gasteiger charge is 2.18. The third-order valence-corrected chi connectivity index (χ3v) is 1.99. The number of cyclic esters (lactones) is 2. The Balaban J connectivity index is 2.42. The van der Waals surface area contributed by atoms with Crippen LogP contribution >= 0.6 is 0 Å². The van der Waals surface area contributed by atoms with Crippen molar-refractivity contribution in [2.75, 3.05) is 0 Å². The number of hydrogen-bond donors (Lipinski definition) is 0. The molecule has 0 unspecified atom stereocenters. The van der Waals surface area contributed by atoms with E-state index in [-0.39, 0.29) is 11.1 Å². The monoisotopic (exact) mass is 232 g/mol. The van der Waals surface area contributed by atoms with Crippen molar-refractivity contribution in [1.29, 1.82) is 0 Å². The average Bonchev–Trinajstić information content (AvgIpc) is 2.39. The van der Waals surface area contributed by atoms with E-state index in [0.717, 1.165) is 25.0 Å². The number of rotatable bonds is 0. The van der Waals surface area contributed by atoms with Gasteiger partial charge in [-0.2, -0.15) is 0 Å². The first kappa shape index (κ1) is 10.9. The van der Waals surface area contributed by atoms with Gasteiger partial charge in [0.05, 0.1) is 11.1 Å². The van der Waals surface area contributed by atoms with Gasteiger partial charge in [0, 0.05) is 0 Å². The molecule has 0 spiro atoms. The maximum atomic E-state index is 11.6. The van der Waals surface area contributed by atoms with Crippen molar-refractivity contribution in [3.8, 4) is 0 Å². The molecule has 0 fully saturated rings. The Kier molecular flexibility index (Phi) is 3.20. The molecule has 2 rings (SSSR count). The quantitative estimate of drug-likeness (QED) is 0.640. The van der Waals surface area contributed by atoms with Crippen molar-refractivity contribution in [2.24, 2.45) is 0 Å². The van der Waals surface area contributed by atoms with Gasteiger partial charge in [-0.05, 0) is 12.1 Å². The third-order valence-electron chi connectivity index (χ3n) is 1.99. The second kappa shape index (κ2) is 4.98.